The van der Waals surface area contributed by atoms with Gasteiger partial charge in [0.05, 0.1) is 6.61 Å². The third kappa shape index (κ3) is 13.7. The smallest absolute Gasteiger partial charge is 0.332 e. The highest BCUT2D eigenvalue weighted by Crippen LogP contribution is 2.39. The summed E-state index contributed by atoms with van der Waals surface area (Å²) in [5, 5.41) is 0. The van der Waals surface area contributed by atoms with Crippen LogP contribution in [0.3, 0.4) is 0 Å². The maximum Gasteiger partial charge on any atom is 0.332 e. The molecular weight excluding hydrogens is 387 g/mol. The summed E-state index contributed by atoms with van der Waals surface area (Å²) in [5.74, 6) is 0.974. The van der Waals surface area contributed by atoms with E-state index >= 15 is 0 Å². The van der Waals surface area contributed by atoms with Gasteiger partial charge in [-0.2, -0.15) is 0 Å². The van der Waals surface area contributed by atoms with Crippen molar-refractivity contribution in [2.24, 2.45) is 0 Å². The average Bonchev–Trinajstić information content (AvgIpc) is 2.74. The molecule has 0 bridgehead atoms. The van der Waals surface area contributed by atoms with E-state index in [4.69, 9.17) is 18.5 Å². The number of carbonyl (C=O) groups is 1. The lowest BCUT2D eigenvalue weighted by Gasteiger charge is -2.18. The van der Waals surface area contributed by atoms with Crippen LogP contribution in [-0.4, -0.2) is 25.5 Å². The first kappa shape index (κ1) is 26.9. The van der Waals surface area contributed by atoms with Gasteiger partial charge in [-0.25, -0.2) is 4.79 Å². The second kappa shape index (κ2) is 18.0. The Morgan fingerprint density at radius 1 is 0.897 bits per heavy atom. The molecule has 0 saturated heterocycles. The van der Waals surface area contributed by atoms with E-state index in [1.807, 2.05) is 75.4 Å². The zero-order valence-electron chi connectivity index (χ0n) is 18.5. The number of rotatable bonds is 9. The van der Waals surface area contributed by atoms with Crippen LogP contribution in [-0.2, 0) is 14.1 Å². The van der Waals surface area contributed by atoms with Crippen LogP contribution >= 0.6 is 8.38 Å². The van der Waals surface area contributed by atoms with Gasteiger partial charge in [0.15, 0.2) is 13.0 Å². The Morgan fingerprint density at radius 2 is 1.48 bits per heavy atom. The number of hydrogen-bond acceptors (Lipinski definition) is 5. The molecule has 0 aromatic heterocycles. The zero-order valence-corrected chi connectivity index (χ0v) is 19.4. The molecule has 0 aliphatic rings. The monoisotopic (exact) mass is 422 g/mol. The predicted octanol–water partition coefficient (Wildman–Crippen LogP) is 6.74. The number of benzene rings is 2. The molecule has 0 radical (unpaired) electrons. The molecule has 0 aliphatic carbocycles. The van der Waals surface area contributed by atoms with E-state index in [1.165, 1.54) is 6.42 Å². The Hall–Kier alpha value is -2.10. The summed E-state index contributed by atoms with van der Waals surface area (Å²) in [5.41, 5.74) is 1.16. The number of carbonyl (C=O) groups excluding carboxylic acids is 1. The van der Waals surface area contributed by atoms with Crippen molar-refractivity contribution < 1.29 is 23.3 Å². The van der Waals surface area contributed by atoms with Crippen molar-refractivity contribution in [1.82, 2.24) is 0 Å². The van der Waals surface area contributed by atoms with Gasteiger partial charge in [-0.1, -0.05) is 70.0 Å². The molecular formula is C23H35O5P. The fourth-order valence-electron chi connectivity index (χ4n) is 1.78. The molecule has 0 heterocycles. The first-order valence-corrected chi connectivity index (χ1v) is 11.4. The van der Waals surface area contributed by atoms with Crippen LogP contribution in [0.5, 0.6) is 11.5 Å². The minimum absolute atomic E-state index is 0.163. The van der Waals surface area contributed by atoms with Crippen molar-refractivity contribution in [3.05, 3.63) is 60.2 Å². The number of para-hydroxylation sites is 1. The maximum absolute atomic E-state index is 11.5. The summed E-state index contributed by atoms with van der Waals surface area (Å²) in [4.78, 5) is 11.5. The van der Waals surface area contributed by atoms with Crippen LogP contribution in [0.25, 0.3) is 0 Å². The fourth-order valence-corrected chi connectivity index (χ4v) is 2.82. The topological polar surface area (TPSA) is 54.0 Å². The van der Waals surface area contributed by atoms with E-state index in [1.54, 1.807) is 6.92 Å². The van der Waals surface area contributed by atoms with E-state index in [0.717, 1.165) is 11.3 Å². The second-order valence-corrected chi connectivity index (χ2v) is 6.97. The van der Waals surface area contributed by atoms with Crippen LogP contribution < -0.4 is 9.26 Å². The maximum atomic E-state index is 11.5. The Labute approximate surface area is 177 Å². The Balaban J connectivity index is 0.00000143. The first-order valence-electron chi connectivity index (χ1n) is 10.1. The zero-order chi connectivity index (χ0) is 21.9. The van der Waals surface area contributed by atoms with Gasteiger partial charge in [0, 0.05) is 0 Å². The number of hydrogen-bond donors (Lipinski definition) is 0. The number of esters is 1. The number of aryl methyl sites for hydroxylation is 1. The molecule has 0 N–H and O–H groups in total. The highest BCUT2D eigenvalue weighted by Gasteiger charge is 2.17. The largest absolute Gasteiger partial charge is 0.483 e. The highest BCUT2D eigenvalue weighted by atomic mass is 31.2. The second-order valence-electron chi connectivity index (χ2n) is 5.61. The van der Waals surface area contributed by atoms with E-state index < -0.39 is 14.3 Å². The molecule has 2 aromatic carbocycles. The third-order valence-electron chi connectivity index (χ3n) is 2.94. The van der Waals surface area contributed by atoms with Crippen LogP contribution in [0.15, 0.2) is 54.6 Å². The molecule has 6 heteroatoms. The van der Waals surface area contributed by atoms with Crippen molar-refractivity contribution in [3.8, 4) is 11.5 Å². The molecule has 2 aromatic rings. The van der Waals surface area contributed by atoms with Crippen LogP contribution in [0.1, 0.15) is 46.6 Å². The van der Waals surface area contributed by atoms with Gasteiger partial charge >= 0.3 is 5.97 Å². The quantitative estimate of drug-likeness (QED) is 0.331. The molecule has 1 atom stereocenters. The van der Waals surface area contributed by atoms with Crippen LogP contribution in [0.4, 0.5) is 0 Å². The molecule has 1 unspecified atom stereocenters. The summed E-state index contributed by atoms with van der Waals surface area (Å²) in [6.07, 6.45) is 1.46. The van der Waals surface area contributed by atoms with Crippen molar-refractivity contribution in [1.29, 1.82) is 0 Å². The van der Waals surface area contributed by atoms with E-state index in [2.05, 4.69) is 13.8 Å². The predicted molar refractivity (Wildman–Crippen MR) is 121 cm³/mol. The van der Waals surface area contributed by atoms with Crippen LogP contribution in [0, 0.1) is 6.92 Å². The molecule has 5 nitrogen and oxygen atoms in total. The third-order valence-corrected chi connectivity index (χ3v) is 4.11. The molecule has 162 valence electrons. The Morgan fingerprint density at radius 3 is 2.03 bits per heavy atom. The van der Waals surface area contributed by atoms with Crippen molar-refractivity contribution in [2.75, 3.05) is 19.6 Å². The van der Waals surface area contributed by atoms with E-state index in [-0.39, 0.29) is 13.0 Å². The Kier molecular flexibility index (Phi) is 16.7. The van der Waals surface area contributed by atoms with Gasteiger partial charge in [0.25, 0.3) is 8.38 Å². The van der Waals surface area contributed by atoms with Gasteiger partial charge in [0.1, 0.15) is 11.5 Å². The van der Waals surface area contributed by atoms with Crippen molar-refractivity contribution >= 4 is 14.3 Å². The van der Waals surface area contributed by atoms with E-state index in [9.17, 15) is 4.79 Å². The van der Waals surface area contributed by atoms with Gasteiger partial charge in [-0.05, 0) is 38.1 Å². The highest BCUT2D eigenvalue weighted by molar-refractivity contribution is 7.47. The molecule has 0 saturated carbocycles. The van der Waals surface area contributed by atoms with Gasteiger partial charge < -0.3 is 18.5 Å². The van der Waals surface area contributed by atoms with Crippen molar-refractivity contribution in [2.45, 2.75) is 48.0 Å². The molecule has 0 amide bonds. The normalized spacial score (nSPS) is 10.4. The Bertz CT molecular complexity index is 631. The SMILES string of the molecule is CC.CCC.CCOC(=O)COP(COc1ccc(C)cc1)Oc1ccccc1. The summed E-state index contributed by atoms with van der Waals surface area (Å²) in [6, 6.07) is 17.0. The van der Waals surface area contributed by atoms with Gasteiger partial charge in [-0.3, -0.25) is 0 Å². The van der Waals surface area contributed by atoms with Gasteiger partial charge in [0.2, 0.25) is 0 Å². The lowest BCUT2D eigenvalue weighted by molar-refractivity contribution is -0.145. The molecule has 29 heavy (non-hydrogen) atoms. The molecule has 0 spiro atoms. The average molecular weight is 423 g/mol. The summed E-state index contributed by atoms with van der Waals surface area (Å²) < 4.78 is 21.9. The van der Waals surface area contributed by atoms with E-state index in [0.29, 0.717) is 12.4 Å². The van der Waals surface area contributed by atoms with Gasteiger partial charge in [-0.15, -0.1) is 0 Å². The molecule has 0 aliphatic heterocycles. The minimum atomic E-state index is -1.43. The summed E-state index contributed by atoms with van der Waals surface area (Å²) >= 11 is 0. The summed E-state index contributed by atoms with van der Waals surface area (Å²) in [7, 11) is -1.43. The summed E-state index contributed by atoms with van der Waals surface area (Å²) in [6.45, 7) is 12.2. The first-order chi connectivity index (χ1) is 14.1. The molecule has 0 fully saturated rings. The minimum Gasteiger partial charge on any atom is -0.483 e. The van der Waals surface area contributed by atoms with Crippen LogP contribution in [0.2, 0.25) is 0 Å². The lowest BCUT2D eigenvalue weighted by atomic mass is 10.2. The lowest BCUT2D eigenvalue weighted by Crippen LogP contribution is -2.13. The molecule has 2 rings (SSSR count). The number of ether oxygens (including phenoxy) is 2. The fraction of sp³-hybridized carbons (Fsp3) is 0.435. The standard InChI is InChI=1S/C18H21O5P.C3H8.C2H6/c1-3-20-18(19)13-22-24(23-17-7-5-4-6-8-17)14-21-16-11-9-15(2)10-12-16;1-3-2;1-2/h4-12H,3,13-14H2,1-2H3;3H2,1-2H3;1-2H3. The van der Waals surface area contributed by atoms with Crippen molar-refractivity contribution in [3.63, 3.8) is 0 Å².